The normalized spacial score (nSPS) is 10.6. The van der Waals surface area contributed by atoms with Crippen molar-refractivity contribution in [2.24, 2.45) is 0 Å². The number of nitrogens with one attached hydrogen (secondary N) is 1. The molecule has 0 spiro atoms. The number of nitrogens with two attached hydrogens (primary N) is 1. The highest BCUT2D eigenvalue weighted by atomic mass is 35.5. The SMILES string of the molecule is C#CC(C)(C)NC(=O)c1cc(N)ccc1Cl. The summed E-state index contributed by atoms with van der Waals surface area (Å²) in [5.41, 5.74) is 5.67. The summed E-state index contributed by atoms with van der Waals surface area (Å²) in [6.07, 6.45) is 5.28. The molecule has 0 aliphatic carbocycles. The monoisotopic (exact) mass is 236 g/mol. The van der Waals surface area contributed by atoms with Gasteiger partial charge in [0.05, 0.1) is 16.1 Å². The fraction of sp³-hybridized carbons (Fsp3) is 0.250. The van der Waals surface area contributed by atoms with Crippen LogP contribution in [0.4, 0.5) is 5.69 Å². The summed E-state index contributed by atoms with van der Waals surface area (Å²) in [6, 6.07) is 4.73. The van der Waals surface area contributed by atoms with Crippen molar-refractivity contribution in [2.75, 3.05) is 5.73 Å². The second-order valence-electron chi connectivity index (χ2n) is 3.96. The first kappa shape index (κ1) is 12.4. The molecule has 1 rings (SSSR count). The van der Waals surface area contributed by atoms with E-state index in [0.29, 0.717) is 16.3 Å². The van der Waals surface area contributed by atoms with Gasteiger partial charge >= 0.3 is 0 Å². The van der Waals surface area contributed by atoms with Crippen LogP contribution in [-0.4, -0.2) is 11.4 Å². The molecular weight excluding hydrogens is 224 g/mol. The summed E-state index contributed by atoms with van der Waals surface area (Å²) >= 11 is 5.90. The molecule has 0 fully saturated rings. The van der Waals surface area contributed by atoms with Crippen LogP contribution in [0, 0.1) is 12.3 Å². The molecule has 84 valence electrons. The molecule has 0 heterocycles. The number of hydrogen-bond acceptors (Lipinski definition) is 2. The molecule has 1 aromatic rings. The predicted octanol–water partition coefficient (Wildman–Crippen LogP) is 2.06. The molecule has 16 heavy (non-hydrogen) atoms. The molecule has 0 aliphatic rings. The fourth-order valence-corrected chi connectivity index (χ4v) is 1.31. The van der Waals surface area contributed by atoms with Crippen LogP contribution in [0.3, 0.4) is 0 Å². The van der Waals surface area contributed by atoms with Crippen LogP contribution < -0.4 is 11.1 Å². The maximum absolute atomic E-state index is 11.8. The number of nitrogen functional groups attached to an aromatic ring is 1. The summed E-state index contributed by atoms with van der Waals surface area (Å²) < 4.78 is 0. The lowest BCUT2D eigenvalue weighted by atomic mass is 10.1. The summed E-state index contributed by atoms with van der Waals surface area (Å²) in [5, 5.41) is 3.02. The van der Waals surface area contributed by atoms with Crippen molar-refractivity contribution in [2.45, 2.75) is 19.4 Å². The molecule has 1 amide bonds. The molecule has 0 unspecified atom stereocenters. The van der Waals surface area contributed by atoms with Crippen molar-refractivity contribution in [3.63, 3.8) is 0 Å². The van der Waals surface area contributed by atoms with E-state index < -0.39 is 5.54 Å². The molecule has 0 radical (unpaired) electrons. The van der Waals surface area contributed by atoms with Crippen LogP contribution in [0.2, 0.25) is 5.02 Å². The van der Waals surface area contributed by atoms with Crippen LogP contribution in [0.1, 0.15) is 24.2 Å². The van der Waals surface area contributed by atoms with Gasteiger partial charge in [-0.15, -0.1) is 6.42 Å². The van der Waals surface area contributed by atoms with Gasteiger partial charge in [0, 0.05) is 5.69 Å². The molecule has 0 aromatic heterocycles. The van der Waals surface area contributed by atoms with Gasteiger partial charge < -0.3 is 11.1 Å². The highest BCUT2D eigenvalue weighted by Crippen LogP contribution is 2.19. The molecule has 0 saturated carbocycles. The third-order valence-electron chi connectivity index (χ3n) is 2.02. The smallest absolute Gasteiger partial charge is 0.254 e. The number of carbonyl (C=O) groups is 1. The Morgan fingerprint density at radius 2 is 2.19 bits per heavy atom. The number of anilines is 1. The molecule has 1 aromatic carbocycles. The highest BCUT2D eigenvalue weighted by Gasteiger charge is 2.19. The first-order valence-corrected chi connectivity index (χ1v) is 5.09. The number of amides is 1. The average Bonchev–Trinajstić information content (AvgIpc) is 2.21. The van der Waals surface area contributed by atoms with Gasteiger partial charge in [-0.05, 0) is 32.0 Å². The van der Waals surface area contributed by atoms with E-state index in [9.17, 15) is 4.79 Å². The van der Waals surface area contributed by atoms with Gasteiger partial charge in [0.2, 0.25) is 0 Å². The topological polar surface area (TPSA) is 55.1 Å². The largest absolute Gasteiger partial charge is 0.399 e. The molecule has 4 heteroatoms. The van der Waals surface area contributed by atoms with Crippen molar-refractivity contribution in [3.05, 3.63) is 28.8 Å². The Balaban J connectivity index is 2.98. The van der Waals surface area contributed by atoms with Gasteiger partial charge in [-0.25, -0.2) is 0 Å². The maximum Gasteiger partial charge on any atom is 0.254 e. The minimum absolute atomic E-state index is 0.324. The molecule has 3 N–H and O–H groups in total. The average molecular weight is 237 g/mol. The van der Waals surface area contributed by atoms with E-state index in [4.69, 9.17) is 23.8 Å². The lowest BCUT2D eigenvalue weighted by Crippen LogP contribution is -2.42. The van der Waals surface area contributed by atoms with Crippen molar-refractivity contribution in [1.82, 2.24) is 5.32 Å². The van der Waals surface area contributed by atoms with Gasteiger partial charge in [-0.1, -0.05) is 17.5 Å². The van der Waals surface area contributed by atoms with E-state index in [1.54, 1.807) is 26.0 Å². The maximum atomic E-state index is 11.8. The van der Waals surface area contributed by atoms with E-state index in [0.717, 1.165) is 0 Å². The van der Waals surface area contributed by atoms with Gasteiger partial charge in [0.15, 0.2) is 0 Å². The number of terminal acetylenes is 1. The standard InChI is InChI=1S/C12H13ClN2O/c1-4-12(2,3)15-11(16)9-7-8(14)5-6-10(9)13/h1,5-7H,14H2,2-3H3,(H,15,16). The zero-order valence-electron chi connectivity index (χ0n) is 9.17. The van der Waals surface area contributed by atoms with Crippen LogP contribution >= 0.6 is 11.6 Å². The molecule has 0 bridgehead atoms. The van der Waals surface area contributed by atoms with E-state index in [1.165, 1.54) is 6.07 Å². The quantitative estimate of drug-likeness (QED) is 0.610. The molecule has 0 saturated heterocycles. The minimum Gasteiger partial charge on any atom is -0.399 e. The molecule has 3 nitrogen and oxygen atoms in total. The van der Waals surface area contributed by atoms with Gasteiger partial charge in [0.25, 0.3) is 5.91 Å². The Bertz CT molecular complexity index is 461. The number of benzene rings is 1. The van der Waals surface area contributed by atoms with E-state index in [2.05, 4.69) is 11.2 Å². The van der Waals surface area contributed by atoms with Crippen LogP contribution in [0.15, 0.2) is 18.2 Å². The Morgan fingerprint density at radius 1 is 1.56 bits per heavy atom. The first-order valence-electron chi connectivity index (χ1n) is 4.71. The summed E-state index contributed by atoms with van der Waals surface area (Å²) in [4.78, 5) is 11.8. The molecule has 0 aliphatic heterocycles. The second-order valence-corrected chi connectivity index (χ2v) is 4.37. The number of carbonyl (C=O) groups excluding carboxylic acids is 1. The summed E-state index contributed by atoms with van der Waals surface area (Å²) in [6.45, 7) is 3.45. The zero-order chi connectivity index (χ0) is 12.3. The van der Waals surface area contributed by atoms with Crippen LogP contribution in [0.5, 0.6) is 0 Å². The van der Waals surface area contributed by atoms with Gasteiger partial charge in [-0.3, -0.25) is 4.79 Å². The Kier molecular flexibility index (Phi) is 3.46. The first-order chi connectivity index (χ1) is 7.35. The van der Waals surface area contributed by atoms with Gasteiger partial charge in [-0.2, -0.15) is 0 Å². The third kappa shape index (κ3) is 2.91. The van der Waals surface area contributed by atoms with Crippen LogP contribution in [0.25, 0.3) is 0 Å². The fourth-order valence-electron chi connectivity index (χ4n) is 1.10. The number of rotatable bonds is 2. The van der Waals surface area contributed by atoms with Gasteiger partial charge in [0.1, 0.15) is 0 Å². The second kappa shape index (κ2) is 4.46. The Hall–Kier alpha value is -1.66. The Morgan fingerprint density at radius 3 is 2.75 bits per heavy atom. The van der Waals surface area contributed by atoms with Crippen molar-refractivity contribution >= 4 is 23.2 Å². The van der Waals surface area contributed by atoms with E-state index >= 15 is 0 Å². The van der Waals surface area contributed by atoms with Crippen LogP contribution in [-0.2, 0) is 0 Å². The van der Waals surface area contributed by atoms with Crippen molar-refractivity contribution in [1.29, 1.82) is 0 Å². The molecular formula is C12H13ClN2O. The number of halogens is 1. The van der Waals surface area contributed by atoms with E-state index in [1.807, 2.05) is 0 Å². The van der Waals surface area contributed by atoms with E-state index in [-0.39, 0.29) is 5.91 Å². The summed E-state index contributed by atoms with van der Waals surface area (Å²) in [7, 11) is 0. The summed E-state index contributed by atoms with van der Waals surface area (Å²) in [5.74, 6) is 2.14. The zero-order valence-corrected chi connectivity index (χ0v) is 9.93. The van der Waals surface area contributed by atoms with Crippen molar-refractivity contribution < 1.29 is 4.79 Å². The lowest BCUT2D eigenvalue weighted by molar-refractivity contribution is 0.0930. The minimum atomic E-state index is -0.717. The molecule has 0 atom stereocenters. The predicted molar refractivity (Wildman–Crippen MR) is 66.2 cm³/mol. The Labute approximate surface area is 100.0 Å². The third-order valence-corrected chi connectivity index (χ3v) is 2.35. The number of hydrogen-bond donors (Lipinski definition) is 2. The highest BCUT2D eigenvalue weighted by molar-refractivity contribution is 6.34. The van der Waals surface area contributed by atoms with Crippen molar-refractivity contribution in [3.8, 4) is 12.3 Å². The lowest BCUT2D eigenvalue weighted by Gasteiger charge is -2.20.